The van der Waals surface area contributed by atoms with E-state index in [-0.39, 0.29) is 23.2 Å². The summed E-state index contributed by atoms with van der Waals surface area (Å²) in [6.45, 7) is 7.97. The molecule has 0 radical (unpaired) electrons. The number of carbonyl (C=O) groups is 2. The lowest BCUT2D eigenvalue weighted by Crippen LogP contribution is -2.55. The summed E-state index contributed by atoms with van der Waals surface area (Å²) in [5.41, 5.74) is 0.00461. The Balaban J connectivity index is 1.80. The standard InChI is InChI=1S/C13H21N5O3/c1-4-13(2,3)8-14-12(21)17-5-9(6-17)18-7-10(11(19)20)15-16-18/h7,9H,4-6,8H2,1-3H3,(H,14,21)(H,19,20). The molecule has 1 saturated heterocycles. The van der Waals surface area contributed by atoms with Crippen LogP contribution in [0.2, 0.25) is 0 Å². The van der Waals surface area contributed by atoms with Crippen molar-refractivity contribution in [3.05, 3.63) is 11.9 Å². The number of carboxylic acid groups (broad SMARTS) is 1. The predicted octanol–water partition coefficient (Wildman–Crippen LogP) is 0.979. The van der Waals surface area contributed by atoms with Gasteiger partial charge in [-0.15, -0.1) is 5.10 Å². The lowest BCUT2D eigenvalue weighted by Gasteiger charge is -2.39. The number of nitrogens with zero attached hydrogens (tertiary/aromatic N) is 4. The fourth-order valence-electron chi connectivity index (χ4n) is 1.89. The van der Waals surface area contributed by atoms with Crippen molar-refractivity contribution in [3.8, 4) is 0 Å². The number of carboxylic acids is 1. The van der Waals surface area contributed by atoms with E-state index in [1.807, 2.05) is 0 Å². The third-order valence-electron chi connectivity index (χ3n) is 3.93. The number of rotatable bonds is 5. The van der Waals surface area contributed by atoms with E-state index in [2.05, 4.69) is 36.4 Å². The molecule has 8 heteroatoms. The Bertz CT molecular complexity index is 534. The third-order valence-corrected chi connectivity index (χ3v) is 3.93. The molecule has 0 atom stereocenters. The number of aromatic nitrogens is 3. The van der Waals surface area contributed by atoms with Crippen LogP contribution in [0, 0.1) is 5.41 Å². The van der Waals surface area contributed by atoms with Crippen LogP contribution in [0.4, 0.5) is 4.79 Å². The van der Waals surface area contributed by atoms with Crippen molar-refractivity contribution in [3.63, 3.8) is 0 Å². The molecule has 0 spiro atoms. The summed E-state index contributed by atoms with van der Waals surface area (Å²) in [6.07, 6.45) is 2.38. The molecule has 1 aromatic heterocycles. The van der Waals surface area contributed by atoms with E-state index in [1.165, 1.54) is 10.9 Å². The molecule has 1 aromatic rings. The number of hydrogen-bond donors (Lipinski definition) is 2. The van der Waals surface area contributed by atoms with E-state index in [9.17, 15) is 9.59 Å². The maximum absolute atomic E-state index is 12.0. The lowest BCUT2D eigenvalue weighted by atomic mass is 9.90. The number of urea groups is 1. The van der Waals surface area contributed by atoms with Gasteiger partial charge < -0.3 is 15.3 Å². The highest BCUT2D eigenvalue weighted by Gasteiger charge is 2.33. The number of amides is 2. The first-order chi connectivity index (χ1) is 9.82. The second kappa shape index (κ2) is 5.71. The van der Waals surface area contributed by atoms with Gasteiger partial charge in [0.1, 0.15) is 0 Å². The van der Waals surface area contributed by atoms with Crippen LogP contribution in [0.25, 0.3) is 0 Å². The monoisotopic (exact) mass is 295 g/mol. The molecule has 0 saturated carbocycles. The quantitative estimate of drug-likeness (QED) is 0.843. The summed E-state index contributed by atoms with van der Waals surface area (Å²) in [5, 5.41) is 19.1. The predicted molar refractivity (Wildman–Crippen MR) is 75.1 cm³/mol. The fourth-order valence-corrected chi connectivity index (χ4v) is 1.89. The van der Waals surface area contributed by atoms with E-state index in [4.69, 9.17) is 5.11 Å². The summed E-state index contributed by atoms with van der Waals surface area (Å²) in [5.74, 6) is -1.10. The largest absolute Gasteiger partial charge is 0.476 e. The van der Waals surface area contributed by atoms with Crippen LogP contribution in [0.5, 0.6) is 0 Å². The molecule has 2 amide bonds. The minimum Gasteiger partial charge on any atom is -0.476 e. The molecule has 2 N–H and O–H groups in total. The summed E-state index contributed by atoms with van der Waals surface area (Å²) in [6, 6.07) is -0.0955. The summed E-state index contributed by atoms with van der Waals surface area (Å²) in [7, 11) is 0. The van der Waals surface area contributed by atoms with Gasteiger partial charge in [-0.25, -0.2) is 14.3 Å². The number of aromatic carboxylic acids is 1. The van der Waals surface area contributed by atoms with Gasteiger partial charge in [0.15, 0.2) is 5.69 Å². The summed E-state index contributed by atoms with van der Waals surface area (Å²) >= 11 is 0. The van der Waals surface area contributed by atoms with Crippen molar-refractivity contribution in [1.82, 2.24) is 25.2 Å². The Morgan fingerprint density at radius 2 is 2.14 bits per heavy atom. The number of likely N-dealkylation sites (tertiary alicyclic amines) is 1. The highest BCUT2D eigenvalue weighted by atomic mass is 16.4. The van der Waals surface area contributed by atoms with Crippen molar-refractivity contribution >= 4 is 12.0 Å². The number of hydrogen-bond acceptors (Lipinski definition) is 4. The molecule has 0 bridgehead atoms. The van der Waals surface area contributed by atoms with E-state index in [1.54, 1.807) is 4.90 Å². The molecule has 1 fully saturated rings. The minimum atomic E-state index is -1.10. The van der Waals surface area contributed by atoms with E-state index in [0.29, 0.717) is 19.6 Å². The zero-order valence-electron chi connectivity index (χ0n) is 12.5. The Morgan fingerprint density at radius 3 is 2.67 bits per heavy atom. The van der Waals surface area contributed by atoms with Gasteiger partial charge in [0.2, 0.25) is 0 Å². The smallest absolute Gasteiger partial charge is 0.358 e. The van der Waals surface area contributed by atoms with Crippen LogP contribution in [0.15, 0.2) is 6.20 Å². The van der Waals surface area contributed by atoms with Crippen LogP contribution < -0.4 is 5.32 Å². The van der Waals surface area contributed by atoms with Crippen molar-refractivity contribution in [1.29, 1.82) is 0 Å². The van der Waals surface area contributed by atoms with E-state index < -0.39 is 5.97 Å². The average molecular weight is 295 g/mol. The van der Waals surface area contributed by atoms with Crippen molar-refractivity contribution in [2.24, 2.45) is 5.41 Å². The molecule has 0 unspecified atom stereocenters. The fraction of sp³-hybridized carbons (Fsp3) is 0.692. The molecule has 21 heavy (non-hydrogen) atoms. The molecule has 1 aliphatic rings. The Hall–Kier alpha value is -2.12. The van der Waals surface area contributed by atoms with Gasteiger partial charge in [-0.3, -0.25) is 0 Å². The second-order valence-electron chi connectivity index (χ2n) is 6.12. The second-order valence-corrected chi connectivity index (χ2v) is 6.12. The van der Waals surface area contributed by atoms with E-state index in [0.717, 1.165) is 6.42 Å². The zero-order chi connectivity index (χ0) is 15.6. The van der Waals surface area contributed by atoms with Crippen molar-refractivity contribution < 1.29 is 14.7 Å². The first-order valence-corrected chi connectivity index (χ1v) is 7.00. The highest BCUT2D eigenvalue weighted by molar-refractivity contribution is 5.84. The van der Waals surface area contributed by atoms with Crippen molar-refractivity contribution in [2.75, 3.05) is 19.6 Å². The van der Waals surface area contributed by atoms with Crippen LogP contribution in [-0.4, -0.2) is 56.6 Å². The van der Waals surface area contributed by atoms with Gasteiger partial charge in [-0.1, -0.05) is 26.0 Å². The minimum absolute atomic E-state index is 0.00413. The topological polar surface area (TPSA) is 100 Å². The van der Waals surface area contributed by atoms with Gasteiger partial charge in [-0.2, -0.15) is 0 Å². The Kier molecular flexibility index (Phi) is 4.15. The van der Waals surface area contributed by atoms with Gasteiger partial charge >= 0.3 is 12.0 Å². The maximum Gasteiger partial charge on any atom is 0.358 e. The van der Waals surface area contributed by atoms with Crippen LogP contribution >= 0.6 is 0 Å². The molecule has 8 nitrogen and oxygen atoms in total. The molecule has 2 rings (SSSR count). The van der Waals surface area contributed by atoms with Gasteiger partial charge in [-0.05, 0) is 11.8 Å². The van der Waals surface area contributed by atoms with Crippen LogP contribution in [0.3, 0.4) is 0 Å². The van der Waals surface area contributed by atoms with Crippen LogP contribution in [-0.2, 0) is 0 Å². The van der Waals surface area contributed by atoms with Crippen LogP contribution in [0.1, 0.15) is 43.7 Å². The molecular formula is C13H21N5O3. The van der Waals surface area contributed by atoms with Gasteiger partial charge in [0, 0.05) is 19.6 Å². The first-order valence-electron chi connectivity index (χ1n) is 7.00. The van der Waals surface area contributed by atoms with E-state index >= 15 is 0 Å². The number of carbonyl (C=O) groups excluding carboxylic acids is 1. The number of nitrogens with one attached hydrogen (secondary N) is 1. The zero-order valence-corrected chi connectivity index (χ0v) is 12.5. The Labute approximate surface area is 123 Å². The normalized spacial score (nSPS) is 15.7. The molecule has 116 valence electrons. The average Bonchev–Trinajstić information content (AvgIpc) is 2.84. The molecule has 0 aromatic carbocycles. The first kappa shape index (κ1) is 15.3. The van der Waals surface area contributed by atoms with Crippen molar-refractivity contribution in [2.45, 2.75) is 33.2 Å². The maximum atomic E-state index is 12.0. The summed E-state index contributed by atoms with van der Waals surface area (Å²) < 4.78 is 1.50. The third kappa shape index (κ3) is 3.50. The Morgan fingerprint density at radius 1 is 1.48 bits per heavy atom. The molecule has 2 heterocycles. The molecule has 1 aliphatic heterocycles. The highest BCUT2D eigenvalue weighted by Crippen LogP contribution is 2.21. The molecule has 0 aliphatic carbocycles. The SMILES string of the molecule is CCC(C)(C)CNC(=O)N1CC(n2cc(C(=O)O)nn2)C1. The van der Waals surface area contributed by atoms with Gasteiger partial charge in [0.25, 0.3) is 0 Å². The van der Waals surface area contributed by atoms with Gasteiger partial charge in [0.05, 0.1) is 12.2 Å². The lowest BCUT2D eigenvalue weighted by molar-refractivity contribution is 0.0690. The summed E-state index contributed by atoms with van der Waals surface area (Å²) in [4.78, 5) is 24.4. The molecular weight excluding hydrogens is 274 g/mol.